The molecule has 1 aromatic carbocycles. The van der Waals surface area contributed by atoms with E-state index in [1.807, 2.05) is 6.07 Å². The molecule has 0 aliphatic rings. The average molecular weight is 339 g/mol. The van der Waals surface area contributed by atoms with E-state index in [9.17, 15) is 0 Å². The van der Waals surface area contributed by atoms with Crippen LogP contribution in [0.5, 0.6) is 0 Å². The highest BCUT2D eigenvalue weighted by Gasteiger charge is 2.10. The lowest BCUT2D eigenvalue weighted by molar-refractivity contribution is 1.41. The summed E-state index contributed by atoms with van der Waals surface area (Å²) in [5.74, 6) is 0. The predicted molar refractivity (Wildman–Crippen MR) is 68.9 cm³/mol. The van der Waals surface area contributed by atoms with Gasteiger partial charge in [0.1, 0.15) is 0 Å². The van der Waals surface area contributed by atoms with Crippen LogP contribution in [0.4, 0.5) is 5.69 Å². The van der Waals surface area contributed by atoms with Crippen LogP contribution in [0, 0.1) is 3.57 Å². The molecule has 14 heavy (non-hydrogen) atoms. The van der Waals surface area contributed by atoms with Gasteiger partial charge in [0, 0.05) is 8.96 Å². The second-order valence-electron chi connectivity index (χ2n) is 2.78. The number of hydrogen-bond acceptors (Lipinski definition) is 2. The molecule has 2 N–H and O–H groups in total. The molecule has 2 nitrogen and oxygen atoms in total. The quantitative estimate of drug-likeness (QED) is 0.743. The predicted octanol–water partition coefficient (Wildman–Crippen LogP) is 3.73. The minimum atomic E-state index is 0.472. The van der Waals surface area contributed by atoms with E-state index in [1.165, 1.54) is 6.20 Å². The second-order valence-corrected chi connectivity index (χ2v) is 4.73. The van der Waals surface area contributed by atoms with Gasteiger partial charge in [-0.1, -0.05) is 23.2 Å². The fourth-order valence-electron chi connectivity index (χ4n) is 1.21. The molecule has 0 atom stereocenters. The topological polar surface area (TPSA) is 38.9 Å². The first-order valence-corrected chi connectivity index (χ1v) is 5.62. The van der Waals surface area contributed by atoms with E-state index in [0.29, 0.717) is 21.2 Å². The summed E-state index contributed by atoms with van der Waals surface area (Å²) in [6.07, 6.45) is 1.52. The largest absolute Gasteiger partial charge is 0.396 e. The highest BCUT2D eigenvalue weighted by molar-refractivity contribution is 14.1. The van der Waals surface area contributed by atoms with Crippen molar-refractivity contribution in [2.45, 2.75) is 0 Å². The number of benzene rings is 1. The number of aromatic nitrogens is 1. The van der Waals surface area contributed by atoms with Crippen molar-refractivity contribution in [3.63, 3.8) is 0 Å². The van der Waals surface area contributed by atoms with Gasteiger partial charge in [0.2, 0.25) is 0 Å². The van der Waals surface area contributed by atoms with Crippen LogP contribution in [0.2, 0.25) is 10.0 Å². The van der Waals surface area contributed by atoms with E-state index in [0.717, 1.165) is 8.96 Å². The van der Waals surface area contributed by atoms with Crippen LogP contribution in [0.25, 0.3) is 10.9 Å². The Morgan fingerprint density at radius 1 is 1.29 bits per heavy atom. The maximum atomic E-state index is 6.07. The Hall–Kier alpha value is -0.260. The summed E-state index contributed by atoms with van der Waals surface area (Å²) in [6, 6.07) is 3.68. The second kappa shape index (κ2) is 3.72. The van der Waals surface area contributed by atoms with Crippen LogP contribution >= 0.6 is 45.8 Å². The van der Waals surface area contributed by atoms with Crippen molar-refractivity contribution in [3.05, 3.63) is 31.9 Å². The highest BCUT2D eigenvalue weighted by atomic mass is 127. The lowest BCUT2D eigenvalue weighted by atomic mass is 10.2. The molecule has 0 spiro atoms. The summed E-state index contributed by atoms with van der Waals surface area (Å²) in [7, 11) is 0. The monoisotopic (exact) mass is 338 g/mol. The Balaban J connectivity index is 3.01. The Kier molecular flexibility index (Phi) is 2.72. The molecule has 0 aliphatic heterocycles. The normalized spacial score (nSPS) is 10.8. The van der Waals surface area contributed by atoms with Crippen LogP contribution in [0.15, 0.2) is 18.3 Å². The number of pyridine rings is 1. The van der Waals surface area contributed by atoms with Crippen LogP contribution in [-0.4, -0.2) is 4.98 Å². The summed E-state index contributed by atoms with van der Waals surface area (Å²) in [5, 5.41) is 1.92. The molecule has 0 unspecified atom stereocenters. The van der Waals surface area contributed by atoms with Crippen molar-refractivity contribution in [3.8, 4) is 0 Å². The van der Waals surface area contributed by atoms with Gasteiger partial charge in [0.05, 0.1) is 27.4 Å². The summed E-state index contributed by atoms with van der Waals surface area (Å²) in [4.78, 5) is 4.16. The third-order valence-electron chi connectivity index (χ3n) is 1.88. The third-order valence-corrected chi connectivity index (χ3v) is 3.49. The molecule has 1 heterocycles. The first-order valence-electron chi connectivity index (χ1n) is 3.79. The lowest BCUT2D eigenvalue weighted by Gasteiger charge is -2.06. The molecule has 1 aromatic heterocycles. The van der Waals surface area contributed by atoms with Crippen LogP contribution in [0.3, 0.4) is 0 Å². The van der Waals surface area contributed by atoms with Gasteiger partial charge >= 0.3 is 0 Å². The van der Waals surface area contributed by atoms with Gasteiger partial charge < -0.3 is 5.73 Å². The summed E-state index contributed by atoms with van der Waals surface area (Å²) >= 11 is 14.2. The molecule has 0 amide bonds. The summed E-state index contributed by atoms with van der Waals surface area (Å²) < 4.78 is 0.992. The van der Waals surface area contributed by atoms with Crippen molar-refractivity contribution in [2.75, 3.05) is 5.73 Å². The summed E-state index contributed by atoms with van der Waals surface area (Å²) in [5.41, 5.74) is 6.83. The minimum absolute atomic E-state index is 0.472. The molecule has 2 aromatic rings. The van der Waals surface area contributed by atoms with Crippen LogP contribution in [0.1, 0.15) is 0 Å². The molecule has 0 bridgehead atoms. The molecule has 0 saturated carbocycles. The molecule has 0 radical (unpaired) electrons. The zero-order chi connectivity index (χ0) is 10.3. The van der Waals surface area contributed by atoms with E-state index in [-0.39, 0.29) is 0 Å². The first-order chi connectivity index (χ1) is 6.61. The van der Waals surface area contributed by atoms with Gasteiger partial charge in [0.25, 0.3) is 0 Å². The van der Waals surface area contributed by atoms with Crippen LogP contribution < -0.4 is 5.73 Å². The molecular weight excluding hydrogens is 334 g/mol. The highest BCUT2D eigenvalue weighted by Crippen LogP contribution is 2.34. The van der Waals surface area contributed by atoms with Gasteiger partial charge in [0.15, 0.2) is 0 Å². The minimum Gasteiger partial charge on any atom is -0.396 e. The number of rotatable bonds is 0. The number of anilines is 1. The Morgan fingerprint density at radius 2 is 2.00 bits per heavy atom. The SMILES string of the molecule is Nc1cnc2c(Cl)ccc(I)c2c1Cl. The van der Waals surface area contributed by atoms with E-state index >= 15 is 0 Å². The zero-order valence-corrected chi connectivity index (χ0v) is 10.6. The van der Waals surface area contributed by atoms with Crippen molar-refractivity contribution in [2.24, 2.45) is 0 Å². The fourth-order valence-corrected chi connectivity index (χ4v) is 2.52. The van der Waals surface area contributed by atoms with Crippen molar-refractivity contribution < 1.29 is 0 Å². The first kappa shape index (κ1) is 10.3. The number of fused-ring (bicyclic) bond motifs is 1. The molecule has 72 valence electrons. The average Bonchev–Trinajstić information content (AvgIpc) is 2.16. The Labute approximate surface area is 105 Å². The van der Waals surface area contributed by atoms with Crippen molar-refractivity contribution in [1.82, 2.24) is 4.98 Å². The Morgan fingerprint density at radius 3 is 2.71 bits per heavy atom. The molecule has 0 saturated heterocycles. The van der Waals surface area contributed by atoms with Gasteiger partial charge in [-0.25, -0.2) is 0 Å². The maximum absolute atomic E-state index is 6.07. The van der Waals surface area contributed by atoms with E-state index in [2.05, 4.69) is 27.6 Å². The number of hydrogen-bond donors (Lipinski definition) is 1. The molecule has 2 rings (SSSR count). The standard InChI is InChI=1S/C9H5Cl2IN2/c10-4-1-2-5(12)7-8(11)6(13)3-14-9(4)7/h1-3H,13H2. The fraction of sp³-hybridized carbons (Fsp3) is 0. The molecular formula is C9H5Cl2IN2. The number of nitrogens with two attached hydrogens (primary N) is 1. The molecule has 0 fully saturated rings. The van der Waals surface area contributed by atoms with Crippen molar-refractivity contribution >= 4 is 62.4 Å². The van der Waals surface area contributed by atoms with Crippen molar-refractivity contribution in [1.29, 1.82) is 0 Å². The zero-order valence-electron chi connectivity index (χ0n) is 6.89. The van der Waals surface area contributed by atoms with Crippen LogP contribution in [-0.2, 0) is 0 Å². The van der Waals surface area contributed by atoms with Gasteiger partial charge in [-0.3, -0.25) is 4.98 Å². The van der Waals surface area contributed by atoms with E-state index < -0.39 is 0 Å². The van der Waals surface area contributed by atoms with Gasteiger partial charge in [-0.05, 0) is 34.7 Å². The summed E-state index contributed by atoms with van der Waals surface area (Å²) in [6.45, 7) is 0. The number of nitrogen functional groups attached to an aromatic ring is 1. The number of nitrogens with zero attached hydrogens (tertiary/aromatic N) is 1. The number of halogens is 3. The van der Waals surface area contributed by atoms with Gasteiger partial charge in [-0.2, -0.15) is 0 Å². The van der Waals surface area contributed by atoms with E-state index in [4.69, 9.17) is 28.9 Å². The smallest absolute Gasteiger partial charge is 0.0915 e. The lowest BCUT2D eigenvalue weighted by Crippen LogP contribution is -1.92. The van der Waals surface area contributed by atoms with Gasteiger partial charge in [-0.15, -0.1) is 0 Å². The Bertz CT molecular complexity index is 514. The molecule has 5 heteroatoms. The van der Waals surface area contributed by atoms with E-state index in [1.54, 1.807) is 6.07 Å². The third kappa shape index (κ3) is 1.53. The maximum Gasteiger partial charge on any atom is 0.0915 e. The molecule has 0 aliphatic carbocycles.